The van der Waals surface area contributed by atoms with Gasteiger partial charge < -0.3 is 9.84 Å². The normalized spacial score (nSPS) is 18.6. The minimum Gasteiger partial charge on any atom is -0.506 e. The first-order valence-corrected chi connectivity index (χ1v) is 6.65. The van der Waals surface area contributed by atoms with E-state index in [0.717, 1.165) is 37.3 Å². The number of pyridine rings is 1. The number of aromatic hydroxyl groups is 1. The molecular weight excluding hydrogens is 240 g/mol. The topological polar surface area (TPSA) is 45.6 Å². The zero-order valence-corrected chi connectivity index (χ0v) is 11.0. The van der Waals surface area contributed by atoms with Crippen molar-refractivity contribution in [2.75, 3.05) is 26.3 Å². The Balaban J connectivity index is 1.95. The van der Waals surface area contributed by atoms with Gasteiger partial charge in [-0.1, -0.05) is 6.07 Å². The molecule has 2 aromatic rings. The van der Waals surface area contributed by atoms with E-state index in [-0.39, 0.29) is 11.8 Å². The second-order valence-electron chi connectivity index (χ2n) is 4.94. The number of phenols is 1. The van der Waals surface area contributed by atoms with Gasteiger partial charge in [-0.3, -0.25) is 9.88 Å². The molecule has 0 bridgehead atoms. The molecule has 19 heavy (non-hydrogen) atoms. The van der Waals surface area contributed by atoms with Gasteiger partial charge in [0.1, 0.15) is 11.3 Å². The third kappa shape index (κ3) is 2.41. The van der Waals surface area contributed by atoms with Crippen LogP contribution in [0, 0.1) is 0 Å². The number of nitrogens with zero attached hydrogens (tertiary/aromatic N) is 2. The number of benzene rings is 1. The highest BCUT2D eigenvalue weighted by atomic mass is 16.5. The molecule has 100 valence electrons. The summed E-state index contributed by atoms with van der Waals surface area (Å²) in [7, 11) is 0. The summed E-state index contributed by atoms with van der Waals surface area (Å²) in [6, 6.07) is 8.10. The van der Waals surface area contributed by atoms with Gasteiger partial charge in [-0.25, -0.2) is 0 Å². The number of hydrogen-bond acceptors (Lipinski definition) is 4. The molecule has 1 aromatic heterocycles. The van der Waals surface area contributed by atoms with E-state index in [4.69, 9.17) is 4.74 Å². The maximum absolute atomic E-state index is 10.1. The van der Waals surface area contributed by atoms with Gasteiger partial charge in [0, 0.05) is 30.7 Å². The van der Waals surface area contributed by atoms with E-state index in [1.165, 1.54) is 0 Å². The number of rotatable bonds is 2. The molecule has 0 amide bonds. The van der Waals surface area contributed by atoms with Crippen LogP contribution in [0.3, 0.4) is 0 Å². The summed E-state index contributed by atoms with van der Waals surface area (Å²) in [5.41, 5.74) is 1.79. The molecule has 1 aliphatic heterocycles. The van der Waals surface area contributed by atoms with Crippen molar-refractivity contribution in [2.45, 2.75) is 13.0 Å². The van der Waals surface area contributed by atoms with Gasteiger partial charge in [0.2, 0.25) is 0 Å². The molecule has 1 aliphatic rings. The summed E-state index contributed by atoms with van der Waals surface area (Å²) in [6.45, 7) is 5.61. The van der Waals surface area contributed by atoms with Crippen LogP contribution in [-0.2, 0) is 4.74 Å². The summed E-state index contributed by atoms with van der Waals surface area (Å²) in [5, 5.41) is 11.1. The number of morpholine rings is 1. The number of fused-ring (bicyclic) bond motifs is 1. The van der Waals surface area contributed by atoms with Crippen LogP contribution >= 0.6 is 0 Å². The average molecular weight is 258 g/mol. The van der Waals surface area contributed by atoms with Crippen LogP contribution in [0.4, 0.5) is 0 Å². The van der Waals surface area contributed by atoms with Gasteiger partial charge in [0.15, 0.2) is 0 Å². The number of phenolic OH excluding ortho intramolecular Hbond substituents is 1. The fourth-order valence-corrected chi connectivity index (χ4v) is 2.61. The Hall–Kier alpha value is -1.65. The van der Waals surface area contributed by atoms with Crippen LogP contribution in [0.1, 0.15) is 18.5 Å². The molecule has 0 saturated carbocycles. The zero-order chi connectivity index (χ0) is 13.2. The van der Waals surface area contributed by atoms with Gasteiger partial charge in [-0.2, -0.15) is 0 Å². The van der Waals surface area contributed by atoms with Crippen LogP contribution < -0.4 is 0 Å². The molecule has 1 fully saturated rings. The highest BCUT2D eigenvalue weighted by Crippen LogP contribution is 2.30. The van der Waals surface area contributed by atoms with Gasteiger partial charge >= 0.3 is 0 Å². The minimum absolute atomic E-state index is 0.258. The summed E-state index contributed by atoms with van der Waals surface area (Å²) >= 11 is 0. The maximum Gasteiger partial charge on any atom is 0.142 e. The molecule has 1 saturated heterocycles. The van der Waals surface area contributed by atoms with E-state index in [9.17, 15) is 5.11 Å². The molecule has 1 aromatic carbocycles. The molecule has 4 nitrogen and oxygen atoms in total. The molecule has 4 heteroatoms. The Morgan fingerprint density at radius 1 is 1.32 bits per heavy atom. The second-order valence-corrected chi connectivity index (χ2v) is 4.94. The van der Waals surface area contributed by atoms with Crippen molar-refractivity contribution in [3.05, 3.63) is 36.0 Å². The Morgan fingerprint density at radius 3 is 2.89 bits per heavy atom. The monoisotopic (exact) mass is 258 g/mol. The van der Waals surface area contributed by atoms with Crippen molar-refractivity contribution >= 4 is 10.9 Å². The summed E-state index contributed by atoms with van der Waals surface area (Å²) < 4.78 is 5.38. The molecule has 0 radical (unpaired) electrons. The summed E-state index contributed by atoms with van der Waals surface area (Å²) in [5.74, 6) is 0.258. The quantitative estimate of drug-likeness (QED) is 0.898. The second kappa shape index (κ2) is 5.15. The van der Waals surface area contributed by atoms with Crippen molar-refractivity contribution in [1.29, 1.82) is 0 Å². The lowest BCUT2D eigenvalue weighted by atomic mass is 10.0. The average Bonchev–Trinajstić information content (AvgIpc) is 2.47. The smallest absolute Gasteiger partial charge is 0.142 e. The maximum atomic E-state index is 10.1. The SMILES string of the molecule is CC(c1cc(O)c2ncccc2c1)N1CCOCC1. The van der Waals surface area contributed by atoms with Crippen LogP contribution in [0.15, 0.2) is 30.5 Å². The third-order valence-electron chi connectivity index (χ3n) is 3.78. The van der Waals surface area contributed by atoms with E-state index < -0.39 is 0 Å². The largest absolute Gasteiger partial charge is 0.506 e. The molecule has 2 heterocycles. The first-order chi connectivity index (χ1) is 9.25. The summed E-state index contributed by atoms with van der Waals surface area (Å²) in [4.78, 5) is 6.59. The molecule has 0 spiro atoms. The molecule has 1 unspecified atom stereocenters. The van der Waals surface area contributed by atoms with E-state index in [1.54, 1.807) is 6.20 Å². The summed E-state index contributed by atoms with van der Waals surface area (Å²) in [6.07, 6.45) is 1.70. The van der Waals surface area contributed by atoms with Crippen LogP contribution in [0.2, 0.25) is 0 Å². The van der Waals surface area contributed by atoms with Crippen LogP contribution in [-0.4, -0.2) is 41.3 Å². The molecule has 1 N–H and O–H groups in total. The van der Waals surface area contributed by atoms with Crippen molar-refractivity contribution in [3.63, 3.8) is 0 Å². The van der Waals surface area contributed by atoms with Crippen molar-refractivity contribution < 1.29 is 9.84 Å². The van der Waals surface area contributed by atoms with E-state index in [1.807, 2.05) is 18.2 Å². The Labute approximate surface area is 112 Å². The fraction of sp³-hybridized carbons (Fsp3) is 0.400. The molecule has 3 rings (SSSR count). The van der Waals surface area contributed by atoms with E-state index in [2.05, 4.69) is 22.9 Å². The van der Waals surface area contributed by atoms with Gasteiger partial charge in [0.25, 0.3) is 0 Å². The number of aromatic nitrogens is 1. The lowest BCUT2D eigenvalue weighted by Crippen LogP contribution is -2.38. The lowest BCUT2D eigenvalue weighted by Gasteiger charge is -2.32. The third-order valence-corrected chi connectivity index (χ3v) is 3.78. The standard InChI is InChI=1S/C15H18N2O2/c1-11(17-5-7-19-8-6-17)13-9-12-3-2-4-16-15(12)14(18)10-13/h2-4,9-11,18H,5-8H2,1H3. The van der Waals surface area contributed by atoms with Gasteiger partial charge in [-0.15, -0.1) is 0 Å². The zero-order valence-electron chi connectivity index (χ0n) is 11.0. The van der Waals surface area contributed by atoms with Crippen molar-refractivity contribution in [1.82, 2.24) is 9.88 Å². The highest BCUT2D eigenvalue weighted by Gasteiger charge is 2.19. The predicted octanol–water partition coefficient (Wildman–Crippen LogP) is 2.33. The molecule has 1 atom stereocenters. The number of hydrogen-bond donors (Lipinski definition) is 1. The predicted molar refractivity (Wildman–Crippen MR) is 74.2 cm³/mol. The number of ether oxygens (including phenoxy) is 1. The molecule has 0 aliphatic carbocycles. The van der Waals surface area contributed by atoms with E-state index >= 15 is 0 Å². The van der Waals surface area contributed by atoms with Gasteiger partial charge in [-0.05, 0) is 30.7 Å². The first kappa shape index (κ1) is 12.4. The van der Waals surface area contributed by atoms with Crippen LogP contribution in [0.25, 0.3) is 10.9 Å². The lowest BCUT2D eigenvalue weighted by molar-refractivity contribution is 0.0198. The van der Waals surface area contributed by atoms with Crippen molar-refractivity contribution in [2.24, 2.45) is 0 Å². The van der Waals surface area contributed by atoms with E-state index in [0.29, 0.717) is 5.52 Å². The molecular formula is C15H18N2O2. The fourth-order valence-electron chi connectivity index (χ4n) is 2.61. The Kier molecular flexibility index (Phi) is 3.36. The Bertz CT molecular complexity index is 579. The highest BCUT2D eigenvalue weighted by molar-refractivity contribution is 5.84. The first-order valence-electron chi connectivity index (χ1n) is 6.65. The van der Waals surface area contributed by atoms with Crippen molar-refractivity contribution in [3.8, 4) is 5.75 Å². The van der Waals surface area contributed by atoms with Gasteiger partial charge in [0.05, 0.1) is 13.2 Å². The Morgan fingerprint density at radius 2 is 2.11 bits per heavy atom. The van der Waals surface area contributed by atoms with Crippen LogP contribution in [0.5, 0.6) is 5.75 Å². The minimum atomic E-state index is 0.258.